The van der Waals surface area contributed by atoms with Crippen LogP contribution in [-0.4, -0.2) is 15.6 Å². The van der Waals surface area contributed by atoms with Crippen molar-refractivity contribution in [1.82, 2.24) is 4.57 Å². The fraction of sp³-hybridized carbons (Fsp3) is 0.412. The lowest BCUT2D eigenvalue weighted by molar-refractivity contribution is -0.136. The van der Waals surface area contributed by atoms with Crippen molar-refractivity contribution < 1.29 is 9.90 Å². The number of rotatable bonds is 5. The number of fused-ring (bicyclic) bond motifs is 1. The first-order valence-electron chi connectivity index (χ1n) is 7.40. The van der Waals surface area contributed by atoms with Crippen LogP contribution in [0.1, 0.15) is 30.5 Å². The molecule has 110 valence electrons. The predicted octanol–water partition coefficient (Wildman–Crippen LogP) is 2.74. The number of aliphatic carboxylic acids is 1. The molecule has 4 heteroatoms. The molecule has 0 bridgehead atoms. The van der Waals surface area contributed by atoms with E-state index in [9.17, 15) is 9.59 Å². The van der Waals surface area contributed by atoms with Crippen LogP contribution < -0.4 is 5.43 Å². The second-order valence-corrected chi connectivity index (χ2v) is 5.86. The normalized spacial score (nSPS) is 14.5. The molecule has 1 aromatic carbocycles. The van der Waals surface area contributed by atoms with Gasteiger partial charge in [0.15, 0.2) is 5.43 Å². The molecule has 1 fully saturated rings. The summed E-state index contributed by atoms with van der Waals surface area (Å²) in [5, 5.41) is 9.58. The van der Waals surface area contributed by atoms with Gasteiger partial charge in [-0.2, -0.15) is 0 Å². The smallest absolute Gasteiger partial charge is 0.303 e. The topological polar surface area (TPSA) is 59.3 Å². The monoisotopic (exact) mass is 285 g/mol. The van der Waals surface area contributed by atoms with E-state index >= 15 is 0 Å². The van der Waals surface area contributed by atoms with Crippen LogP contribution in [0.25, 0.3) is 10.9 Å². The average Bonchev–Trinajstić information content (AvgIpc) is 3.27. The average molecular weight is 285 g/mol. The summed E-state index contributed by atoms with van der Waals surface area (Å²) in [6.07, 6.45) is 2.78. The van der Waals surface area contributed by atoms with Crippen LogP contribution in [-0.2, 0) is 17.8 Å². The van der Waals surface area contributed by atoms with Crippen LogP contribution in [0.5, 0.6) is 0 Å². The molecule has 3 rings (SSSR count). The lowest BCUT2D eigenvalue weighted by Crippen LogP contribution is -2.20. The van der Waals surface area contributed by atoms with Crippen molar-refractivity contribution in [2.45, 2.75) is 39.2 Å². The highest BCUT2D eigenvalue weighted by atomic mass is 16.4. The number of nitrogens with zero attached hydrogens (tertiary/aromatic N) is 1. The number of aromatic nitrogens is 1. The molecule has 1 saturated carbocycles. The van der Waals surface area contributed by atoms with E-state index in [0.29, 0.717) is 23.3 Å². The van der Waals surface area contributed by atoms with Crippen LogP contribution in [0.3, 0.4) is 0 Å². The Bertz CT molecular complexity index is 756. The highest BCUT2D eigenvalue weighted by Gasteiger charge is 2.24. The zero-order chi connectivity index (χ0) is 15.0. The Morgan fingerprint density at radius 2 is 2.05 bits per heavy atom. The maximum absolute atomic E-state index is 12.6. The summed E-state index contributed by atoms with van der Waals surface area (Å²) in [5.41, 5.74) is 2.52. The van der Waals surface area contributed by atoms with E-state index < -0.39 is 5.97 Å². The number of benzene rings is 1. The Kier molecular flexibility index (Phi) is 3.53. The molecule has 0 radical (unpaired) electrons. The first-order valence-corrected chi connectivity index (χ1v) is 7.40. The number of hydrogen-bond donors (Lipinski definition) is 1. The van der Waals surface area contributed by atoms with Gasteiger partial charge in [0.05, 0.1) is 5.52 Å². The zero-order valence-electron chi connectivity index (χ0n) is 12.1. The molecule has 0 saturated heterocycles. The van der Waals surface area contributed by atoms with Gasteiger partial charge in [0.2, 0.25) is 0 Å². The summed E-state index contributed by atoms with van der Waals surface area (Å²) < 4.78 is 2.20. The van der Waals surface area contributed by atoms with Crippen LogP contribution in [0, 0.1) is 12.8 Å². The van der Waals surface area contributed by atoms with Gasteiger partial charge in [-0.25, -0.2) is 0 Å². The largest absolute Gasteiger partial charge is 0.481 e. The predicted molar refractivity (Wildman–Crippen MR) is 81.6 cm³/mol. The molecule has 2 aromatic rings. The van der Waals surface area contributed by atoms with Crippen LogP contribution in [0.4, 0.5) is 0 Å². The van der Waals surface area contributed by atoms with Gasteiger partial charge in [0, 0.05) is 29.6 Å². The van der Waals surface area contributed by atoms with Gasteiger partial charge in [-0.3, -0.25) is 9.59 Å². The third kappa shape index (κ3) is 2.71. The van der Waals surface area contributed by atoms with Gasteiger partial charge in [-0.15, -0.1) is 0 Å². The van der Waals surface area contributed by atoms with Gasteiger partial charge in [0.25, 0.3) is 0 Å². The summed E-state index contributed by atoms with van der Waals surface area (Å²) in [6.45, 7) is 2.86. The molecule has 0 spiro atoms. The van der Waals surface area contributed by atoms with Crippen LogP contribution in [0.15, 0.2) is 29.1 Å². The summed E-state index contributed by atoms with van der Waals surface area (Å²) in [5.74, 6) is -0.169. The maximum Gasteiger partial charge on any atom is 0.303 e. The molecule has 1 N–H and O–H groups in total. The Morgan fingerprint density at radius 1 is 1.33 bits per heavy atom. The van der Waals surface area contributed by atoms with E-state index in [2.05, 4.69) is 4.57 Å². The van der Waals surface area contributed by atoms with E-state index in [1.54, 1.807) is 0 Å². The van der Waals surface area contributed by atoms with Crippen molar-refractivity contribution in [1.29, 1.82) is 0 Å². The molecule has 0 amide bonds. The van der Waals surface area contributed by atoms with E-state index in [4.69, 9.17) is 5.11 Å². The van der Waals surface area contributed by atoms with E-state index in [1.165, 1.54) is 12.8 Å². The van der Waals surface area contributed by atoms with Crippen molar-refractivity contribution in [2.75, 3.05) is 0 Å². The minimum atomic E-state index is -0.865. The summed E-state index contributed by atoms with van der Waals surface area (Å²) in [7, 11) is 0. The lowest BCUT2D eigenvalue weighted by atomic mass is 10.0. The first kappa shape index (κ1) is 13.9. The number of para-hydroxylation sites is 1. The molecule has 1 aliphatic rings. The molecule has 1 heterocycles. The Balaban J connectivity index is 2.16. The molecular formula is C17H19NO3. The number of carboxylic acid groups (broad SMARTS) is 1. The summed E-state index contributed by atoms with van der Waals surface area (Å²) in [4.78, 5) is 23.4. The van der Waals surface area contributed by atoms with Crippen molar-refractivity contribution in [3.8, 4) is 0 Å². The van der Waals surface area contributed by atoms with E-state index in [-0.39, 0.29) is 11.8 Å². The molecule has 1 aromatic heterocycles. The number of carbonyl (C=O) groups is 1. The number of hydrogen-bond acceptors (Lipinski definition) is 2. The minimum absolute atomic E-state index is 0.00213. The third-order valence-electron chi connectivity index (χ3n) is 4.28. The lowest BCUT2D eigenvalue weighted by Gasteiger charge is -2.17. The number of carboxylic acids is 1. The number of pyridine rings is 1. The van der Waals surface area contributed by atoms with Crippen LogP contribution in [0.2, 0.25) is 0 Å². The van der Waals surface area contributed by atoms with Crippen molar-refractivity contribution in [3.63, 3.8) is 0 Å². The molecule has 0 aliphatic heterocycles. The summed E-state index contributed by atoms with van der Waals surface area (Å²) in [6, 6.07) is 7.63. The molecule has 21 heavy (non-hydrogen) atoms. The first-order chi connectivity index (χ1) is 10.1. The second kappa shape index (κ2) is 5.35. The Hall–Kier alpha value is -2.10. The zero-order valence-corrected chi connectivity index (χ0v) is 12.1. The van der Waals surface area contributed by atoms with Gasteiger partial charge >= 0.3 is 5.97 Å². The van der Waals surface area contributed by atoms with E-state index in [1.807, 2.05) is 31.2 Å². The molecule has 0 atom stereocenters. The molecule has 0 unspecified atom stereocenters. The highest BCUT2D eigenvalue weighted by molar-refractivity contribution is 5.80. The minimum Gasteiger partial charge on any atom is -0.481 e. The SMILES string of the molecule is Cc1c(CCC(=O)O)c(=O)c2ccccc2n1CC1CC1. The Morgan fingerprint density at radius 3 is 2.71 bits per heavy atom. The second-order valence-electron chi connectivity index (χ2n) is 5.86. The van der Waals surface area contributed by atoms with Crippen molar-refractivity contribution in [3.05, 3.63) is 45.7 Å². The van der Waals surface area contributed by atoms with Gasteiger partial charge < -0.3 is 9.67 Å². The van der Waals surface area contributed by atoms with Crippen molar-refractivity contribution >= 4 is 16.9 Å². The van der Waals surface area contributed by atoms with Gasteiger partial charge in [0.1, 0.15) is 0 Å². The fourth-order valence-corrected chi connectivity index (χ4v) is 2.89. The van der Waals surface area contributed by atoms with Crippen LogP contribution >= 0.6 is 0 Å². The van der Waals surface area contributed by atoms with Gasteiger partial charge in [-0.1, -0.05) is 12.1 Å². The quantitative estimate of drug-likeness (QED) is 0.919. The molecule has 1 aliphatic carbocycles. The maximum atomic E-state index is 12.6. The van der Waals surface area contributed by atoms with Gasteiger partial charge in [-0.05, 0) is 44.2 Å². The molecule has 4 nitrogen and oxygen atoms in total. The Labute approximate surface area is 123 Å². The molecular weight excluding hydrogens is 266 g/mol. The van der Waals surface area contributed by atoms with Crippen molar-refractivity contribution in [2.24, 2.45) is 5.92 Å². The fourth-order valence-electron chi connectivity index (χ4n) is 2.89. The third-order valence-corrected chi connectivity index (χ3v) is 4.28. The highest BCUT2D eigenvalue weighted by Crippen LogP contribution is 2.32. The standard InChI is InChI=1S/C17H19NO3/c1-11-13(8-9-16(19)20)17(21)14-4-2-3-5-15(14)18(11)10-12-6-7-12/h2-5,12H,6-10H2,1H3,(H,19,20). The summed E-state index contributed by atoms with van der Waals surface area (Å²) >= 11 is 0. The van der Waals surface area contributed by atoms with E-state index in [0.717, 1.165) is 17.8 Å².